The molecule has 1 N–H and O–H groups in total. The van der Waals surface area contributed by atoms with Gasteiger partial charge in [-0.3, -0.25) is 0 Å². The summed E-state index contributed by atoms with van der Waals surface area (Å²) < 4.78 is 6.37. The van der Waals surface area contributed by atoms with Crippen LogP contribution < -0.4 is 4.43 Å². The van der Waals surface area contributed by atoms with E-state index in [-0.39, 0.29) is 5.04 Å². The van der Waals surface area contributed by atoms with Gasteiger partial charge in [0.1, 0.15) is 5.75 Å². The standard InChI is InChI=1S/C19H34O2Si/c1-18(2,3)22(6,7)21-17-13-10-12-16(15-17)11-8-9-14-19(4,5)20/h10,12-13,15,20H,8-9,11,14H2,1-7H3. The average molecular weight is 323 g/mol. The van der Waals surface area contributed by atoms with E-state index in [0.717, 1.165) is 31.4 Å². The van der Waals surface area contributed by atoms with Gasteiger partial charge >= 0.3 is 0 Å². The van der Waals surface area contributed by atoms with Crippen LogP contribution >= 0.6 is 0 Å². The molecule has 0 bridgehead atoms. The average Bonchev–Trinajstić information content (AvgIpc) is 2.32. The van der Waals surface area contributed by atoms with E-state index in [4.69, 9.17) is 4.43 Å². The van der Waals surface area contributed by atoms with Gasteiger partial charge in [-0.2, -0.15) is 0 Å². The summed E-state index contributed by atoms with van der Waals surface area (Å²) in [5.41, 5.74) is 0.778. The predicted molar refractivity (Wildman–Crippen MR) is 98.1 cm³/mol. The van der Waals surface area contributed by atoms with Crippen molar-refractivity contribution >= 4 is 8.32 Å². The fourth-order valence-electron chi connectivity index (χ4n) is 2.10. The first-order valence-electron chi connectivity index (χ1n) is 8.41. The zero-order valence-corrected chi connectivity index (χ0v) is 16.5. The van der Waals surface area contributed by atoms with Crippen LogP contribution in [0.15, 0.2) is 24.3 Å². The third kappa shape index (κ3) is 6.53. The highest BCUT2D eigenvalue weighted by atomic mass is 28.4. The number of benzene rings is 1. The van der Waals surface area contributed by atoms with Crippen molar-refractivity contribution in [1.29, 1.82) is 0 Å². The molecule has 0 aliphatic heterocycles. The van der Waals surface area contributed by atoms with Crippen molar-refractivity contribution in [3.63, 3.8) is 0 Å². The van der Waals surface area contributed by atoms with Gasteiger partial charge in [-0.05, 0) is 68.9 Å². The van der Waals surface area contributed by atoms with Crippen molar-refractivity contribution in [3.8, 4) is 5.75 Å². The molecule has 0 aliphatic rings. The molecule has 0 saturated carbocycles. The quantitative estimate of drug-likeness (QED) is 0.526. The number of rotatable bonds is 7. The molecule has 2 nitrogen and oxygen atoms in total. The number of aryl methyl sites for hydroxylation is 1. The molecule has 0 aliphatic carbocycles. The highest BCUT2D eigenvalue weighted by Gasteiger charge is 2.38. The number of aliphatic hydroxyl groups is 1. The molecule has 0 fully saturated rings. The van der Waals surface area contributed by atoms with Crippen molar-refractivity contribution in [1.82, 2.24) is 0 Å². The molecule has 22 heavy (non-hydrogen) atoms. The fraction of sp³-hybridized carbons (Fsp3) is 0.684. The van der Waals surface area contributed by atoms with Gasteiger partial charge in [0, 0.05) is 0 Å². The van der Waals surface area contributed by atoms with Gasteiger partial charge in [0.05, 0.1) is 5.60 Å². The molecule has 0 heterocycles. The molecule has 3 heteroatoms. The molecule has 1 aromatic rings. The summed E-state index contributed by atoms with van der Waals surface area (Å²) in [6.07, 6.45) is 4.06. The summed E-state index contributed by atoms with van der Waals surface area (Å²) in [7, 11) is -1.76. The Morgan fingerprint density at radius 2 is 1.68 bits per heavy atom. The van der Waals surface area contributed by atoms with E-state index in [1.165, 1.54) is 5.56 Å². The van der Waals surface area contributed by atoms with Gasteiger partial charge in [-0.1, -0.05) is 39.3 Å². The molecule has 0 atom stereocenters. The third-order valence-corrected chi connectivity index (χ3v) is 8.94. The summed E-state index contributed by atoms with van der Waals surface area (Å²) in [6, 6.07) is 8.52. The number of hydrogen-bond donors (Lipinski definition) is 1. The summed E-state index contributed by atoms with van der Waals surface area (Å²) in [6.45, 7) is 15.1. The molecule has 0 unspecified atom stereocenters. The van der Waals surface area contributed by atoms with Gasteiger partial charge in [0.2, 0.25) is 8.32 Å². The normalized spacial score (nSPS) is 13.3. The van der Waals surface area contributed by atoms with Crippen molar-refractivity contribution in [2.75, 3.05) is 0 Å². The van der Waals surface area contributed by atoms with Crippen molar-refractivity contribution in [2.24, 2.45) is 0 Å². The maximum absolute atomic E-state index is 9.75. The molecule has 0 amide bonds. The molecular formula is C19H34O2Si. The molecule has 1 aromatic carbocycles. The lowest BCUT2D eigenvalue weighted by atomic mass is 9.99. The number of hydrogen-bond acceptors (Lipinski definition) is 2. The van der Waals surface area contributed by atoms with Gasteiger partial charge in [-0.25, -0.2) is 0 Å². The van der Waals surface area contributed by atoms with Crippen molar-refractivity contribution in [3.05, 3.63) is 29.8 Å². The van der Waals surface area contributed by atoms with E-state index in [2.05, 4.69) is 58.1 Å². The topological polar surface area (TPSA) is 29.5 Å². The van der Waals surface area contributed by atoms with Crippen LogP contribution in [0, 0.1) is 0 Å². The third-order valence-electron chi connectivity index (χ3n) is 4.58. The SMILES string of the molecule is CC(C)(O)CCCCc1cccc(O[Si](C)(C)C(C)(C)C)c1. The lowest BCUT2D eigenvalue weighted by Gasteiger charge is -2.36. The Morgan fingerprint density at radius 3 is 2.23 bits per heavy atom. The minimum atomic E-state index is -1.76. The first kappa shape index (κ1) is 19.2. The maximum Gasteiger partial charge on any atom is 0.250 e. The highest BCUT2D eigenvalue weighted by molar-refractivity contribution is 6.74. The Labute approximate surface area is 138 Å². The summed E-state index contributed by atoms with van der Waals surface area (Å²) in [4.78, 5) is 0. The Hall–Kier alpha value is -0.803. The van der Waals surface area contributed by atoms with Crippen LogP contribution in [0.2, 0.25) is 18.1 Å². The van der Waals surface area contributed by atoms with Gasteiger partial charge in [0.15, 0.2) is 0 Å². The smallest absolute Gasteiger partial charge is 0.250 e. The lowest BCUT2D eigenvalue weighted by molar-refractivity contribution is 0.0682. The van der Waals surface area contributed by atoms with Crippen molar-refractivity contribution in [2.45, 2.75) is 84.0 Å². The van der Waals surface area contributed by atoms with Crippen LogP contribution in [0.3, 0.4) is 0 Å². The predicted octanol–water partition coefficient (Wildman–Crippen LogP) is 5.55. The zero-order valence-electron chi connectivity index (χ0n) is 15.5. The van der Waals surface area contributed by atoms with E-state index in [1.807, 2.05) is 13.8 Å². The Kier molecular flexibility index (Phi) is 6.28. The Morgan fingerprint density at radius 1 is 1.05 bits per heavy atom. The molecular weight excluding hydrogens is 288 g/mol. The van der Waals surface area contributed by atoms with Crippen LogP contribution in [0.25, 0.3) is 0 Å². The second-order valence-corrected chi connectivity index (χ2v) is 13.3. The van der Waals surface area contributed by atoms with E-state index in [0.29, 0.717) is 0 Å². The van der Waals surface area contributed by atoms with Crippen LogP contribution in [0.4, 0.5) is 0 Å². The Balaban J connectivity index is 2.60. The first-order valence-corrected chi connectivity index (χ1v) is 11.3. The summed E-state index contributed by atoms with van der Waals surface area (Å²) >= 11 is 0. The van der Waals surface area contributed by atoms with Crippen LogP contribution in [-0.2, 0) is 6.42 Å². The Bertz CT molecular complexity index is 467. The van der Waals surface area contributed by atoms with E-state index >= 15 is 0 Å². The molecule has 1 rings (SSSR count). The fourth-order valence-corrected chi connectivity index (χ4v) is 3.12. The molecule has 0 spiro atoms. The van der Waals surface area contributed by atoms with Crippen LogP contribution in [0.5, 0.6) is 5.75 Å². The van der Waals surface area contributed by atoms with Crippen molar-refractivity contribution < 1.29 is 9.53 Å². The summed E-state index contributed by atoms with van der Waals surface area (Å²) in [5.74, 6) is 1.01. The van der Waals surface area contributed by atoms with Crippen LogP contribution in [-0.4, -0.2) is 19.0 Å². The van der Waals surface area contributed by atoms with Gasteiger partial charge in [-0.15, -0.1) is 0 Å². The maximum atomic E-state index is 9.75. The lowest BCUT2D eigenvalue weighted by Crippen LogP contribution is -2.43. The van der Waals surface area contributed by atoms with Gasteiger partial charge in [0.25, 0.3) is 0 Å². The molecule has 0 saturated heterocycles. The molecule has 126 valence electrons. The number of unbranched alkanes of at least 4 members (excludes halogenated alkanes) is 1. The second-order valence-electron chi connectivity index (χ2n) is 8.53. The van der Waals surface area contributed by atoms with E-state index < -0.39 is 13.9 Å². The van der Waals surface area contributed by atoms with E-state index in [1.54, 1.807) is 0 Å². The second kappa shape index (κ2) is 7.18. The first-order chi connectivity index (χ1) is 9.91. The minimum absolute atomic E-state index is 0.218. The monoisotopic (exact) mass is 322 g/mol. The minimum Gasteiger partial charge on any atom is -0.543 e. The largest absolute Gasteiger partial charge is 0.543 e. The van der Waals surface area contributed by atoms with Crippen LogP contribution in [0.1, 0.15) is 59.4 Å². The van der Waals surface area contributed by atoms with E-state index in [9.17, 15) is 5.11 Å². The molecule has 0 aromatic heterocycles. The highest BCUT2D eigenvalue weighted by Crippen LogP contribution is 2.37. The zero-order chi connectivity index (χ0) is 17.0. The molecule has 0 radical (unpaired) electrons. The van der Waals surface area contributed by atoms with Gasteiger partial charge < -0.3 is 9.53 Å². The summed E-state index contributed by atoms with van der Waals surface area (Å²) in [5, 5.41) is 9.97.